The van der Waals surface area contributed by atoms with Gasteiger partial charge in [-0.05, 0) is 237 Å². The maximum atomic E-state index is 14.4. The van der Waals surface area contributed by atoms with Gasteiger partial charge in [-0.2, -0.15) is 13.2 Å². The number of nitrogens with one attached hydrogen (secondary N) is 4. The predicted octanol–water partition coefficient (Wildman–Crippen LogP) is 14.9. The summed E-state index contributed by atoms with van der Waals surface area (Å²) >= 11 is 0. The van der Waals surface area contributed by atoms with Crippen LogP contribution in [0.5, 0.6) is 34.5 Å². The molecule has 4 aliphatic heterocycles. The Balaban J connectivity index is 0.000000173. The number of carbonyl (C=O) groups is 4. The number of para-hydroxylation sites is 2. The highest BCUT2D eigenvalue weighted by Crippen LogP contribution is 2.45. The van der Waals surface area contributed by atoms with Crippen LogP contribution in [0.15, 0.2) is 262 Å². The molecule has 10 aromatic rings. The zero-order valence-corrected chi connectivity index (χ0v) is 78.0. The van der Waals surface area contributed by atoms with Gasteiger partial charge in [0.05, 0.1) is 44.5 Å². The lowest BCUT2D eigenvalue weighted by Gasteiger charge is -2.39. The van der Waals surface area contributed by atoms with E-state index in [-0.39, 0.29) is 134 Å². The molecule has 0 spiro atoms. The molecule has 0 aliphatic carbocycles. The van der Waals surface area contributed by atoms with E-state index in [0.717, 1.165) is 52.9 Å². The van der Waals surface area contributed by atoms with Crippen molar-refractivity contribution >= 4 is 63.0 Å². The maximum Gasteiger partial charge on any atom is 0.419 e. The number of sulfone groups is 4. The third-order valence-electron chi connectivity index (χ3n) is 24.5. The molecule has 135 heavy (non-hydrogen) atoms. The van der Waals surface area contributed by atoms with Crippen molar-refractivity contribution in [2.24, 2.45) is 0 Å². The molecule has 0 aromatic heterocycles. The normalized spacial score (nSPS) is 16.2. The van der Waals surface area contributed by atoms with E-state index in [1.165, 1.54) is 110 Å². The fourth-order valence-electron chi connectivity index (χ4n) is 16.2. The van der Waals surface area contributed by atoms with Crippen LogP contribution in [0.25, 0.3) is 44.5 Å². The van der Waals surface area contributed by atoms with E-state index in [1.807, 2.05) is 123 Å². The van der Waals surface area contributed by atoms with Gasteiger partial charge in [0.2, 0.25) is 0 Å². The van der Waals surface area contributed by atoms with Gasteiger partial charge in [0.25, 0.3) is 23.6 Å². The van der Waals surface area contributed by atoms with Crippen LogP contribution in [-0.4, -0.2) is 213 Å². The summed E-state index contributed by atoms with van der Waals surface area (Å²) in [5.41, 5.74) is 10.3. The maximum absolute atomic E-state index is 14.4. The Bertz CT molecular complexity index is 6120. The molecule has 8 N–H and O–H groups in total. The lowest BCUT2D eigenvalue weighted by Crippen LogP contribution is -2.57. The number of hydrogen-bond acceptors (Lipinski definition) is 26. The largest absolute Gasteiger partial charge is 0.493 e. The molecular weight excluding hydrogens is 1840 g/mol. The van der Waals surface area contributed by atoms with Gasteiger partial charge < -0.3 is 47.7 Å². The Morgan fingerprint density at radius 1 is 0.385 bits per heavy atom. The van der Waals surface area contributed by atoms with Crippen LogP contribution in [0, 0.1) is 5.82 Å². The Kier molecular flexibility index (Phi) is 35.6. The first kappa shape index (κ1) is 104. The van der Waals surface area contributed by atoms with Crippen LogP contribution < -0.4 is 40.9 Å². The second-order valence-electron chi connectivity index (χ2n) is 32.2. The number of hydroxylamine groups is 4. The molecular formula is C97H108F4N6O24S4. The molecule has 4 aliphatic rings. The minimum Gasteiger partial charge on any atom is -0.493 e. The standard InChI is InChI=1S/C26H28N2O5S.C24H28F3NO7S.C24H23NO6S.C23H29FN2O6S/c1-2-28-18-16-26(17-19-28,25(29)27-30)34(31,32)24-14-10-21(11-15-24)20-8-12-23(13-9-20)33-22-6-4-3-5-7-22;1-16(33-2)9-12-35-21-8-5-18(15-20(21)24(25,26)27)17-3-6-19(7-4-17)36(31,32)23(22(29)28-30)10-13-34-14-11-23;26-23(25-27)24(14-16-30-17-15-24)32(28,29)22-12-8-19(9-13-22)18-6-10-21(11-7-18)31-20-4-2-1-3-5-20;1-3-26-12-10-23(11-13-26,22(27)25-28)33(29,30)19-7-4-17(5-8-19)18-6-9-21(20(24)16-18)32-15-14-31-2/h3-15,30H,2,16-19H2,1H3,(H,27,29);3-8,15-16,30H,9-14H2,1-2H3,(H,28,29);1-13,27H,14-17H2,(H,25,26);4-9,16,28H,3,10-15H2,1-2H3,(H,25,27). The molecule has 30 nitrogen and oxygen atoms in total. The zero-order valence-electron chi connectivity index (χ0n) is 74.7. The second kappa shape index (κ2) is 46.3. The molecule has 722 valence electrons. The molecule has 38 heteroatoms. The third kappa shape index (κ3) is 23.7. The van der Waals surface area contributed by atoms with E-state index < -0.39 is 99.5 Å². The van der Waals surface area contributed by atoms with E-state index in [9.17, 15) is 80.8 Å². The van der Waals surface area contributed by atoms with Crippen LogP contribution in [0.1, 0.15) is 84.1 Å². The lowest BCUT2D eigenvalue weighted by atomic mass is 9.95. The fraction of sp³-hybridized carbons (Fsp3) is 0.340. The van der Waals surface area contributed by atoms with Crippen molar-refractivity contribution in [2.75, 3.05) is 99.7 Å². The summed E-state index contributed by atoms with van der Waals surface area (Å²) in [6.07, 6.45) is -4.37. The Morgan fingerprint density at radius 3 is 0.963 bits per heavy atom. The van der Waals surface area contributed by atoms with Crippen molar-refractivity contribution in [1.82, 2.24) is 31.7 Å². The van der Waals surface area contributed by atoms with E-state index in [1.54, 1.807) is 60.3 Å². The summed E-state index contributed by atoms with van der Waals surface area (Å²) in [6.45, 7) is 9.95. The van der Waals surface area contributed by atoms with Gasteiger partial charge in [-0.3, -0.25) is 40.0 Å². The van der Waals surface area contributed by atoms with Crippen molar-refractivity contribution in [3.05, 3.63) is 254 Å². The van der Waals surface area contributed by atoms with Gasteiger partial charge in [0.15, 0.2) is 69.9 Å². The Hall–Kier alpha value is -11.6. The minimum absolute atomic E-state index is 0.0176. The minimum atomic E-state index is -4.67. The molecule has 0 bridgehead atoms. The molecule has 1 atom stereocenters. The average molecular weight is 1950 g/mol. The number of nitrogens with zero attached hydrogens (tertiary/aromatic N) is 2. The first-order valence-corrected chi connectivity index (χ1v) is 49.3. The van der Waals surface area contributed by atoms with Crippen LogP contribution in [0.3, 0.4) is 0 Å². The molecule has 4 heterocycles. The molecule has 1 unspecified atom stereocenters. The number of alkyl halides is 3. The highest BCUT2D eigenvalue weighted by atomic mass is 32.2. The van der Waals surface area contributed by atoms with Crippen LogP contribution in [-0.2, 0) is 83.7 Å². The third-order valence-corrected chi connectivity index (χ3v) is 34.6. The topological polar surface area (TPSA) is 414 Å². The number of rotatable bonds is 31. The van der Waals surface area contributed by atoms with Gasteiger partial charge in [0, 0.05) is 73.2 Å². The van der Waals surface area contributed by atoms with Crippen LogP contribution >= 0.6 is 0 Å². The van der Waals surface area contributed by atoms with E-state index >= 15 is 0 Å². The number of amides is 4. The van der Waals surface area contributed by atoms with Gasteiger partial charge in [-0.1, -0.05) is 135 Å². The van der Waals surface area contributed by atoms with Gasteiger partial charge in [-0.15, -0.1) is 0 Å². The first-order valence-electron chi connectivity index (χ1n) is 43.3. The van der Waals surface area contributed by atoms with Crippen molar-refractivity contribution in [3.63, 3.8) is 0 Å². The van der Waals surface area contributed by atoms with E-state index in [4.69, 9.17) is 48.3 Å². The summed E-state index contributed by atoms with van der Waals surface area (Å²) in [5, 5.41) is 36.9. The van der Waals surface area contributed by atoms with Gasteiger partial charge in [-0.25, -0.2) is 60.0 Å². The van der Waals surface area contributed by atoms with E-state index in [2.05, 4.69) is 9.80 Å². The van der Waals surface area contributed by atoms with Crippen molar-refractivity contribution in [1.29, 1.82) is 0 Å². The summed E-state index contributed by atoms with van der Waals surface area (Å²) in [7, 11) is -13.4. The van der Waals surface area contributed by atoms with Gasteiger partial charge >= 0.3 is 6.18 Å². The number of hydrogen-bond donors (Lipinski definition) is 8. The van der Waals surface area contributed by atoms with Crippen molar-refractivity contribution in [3.8, 4) is 79.0 Å². The molecule has 14 rings (SSSR count). The first-order chi connectivity index (χ1) is 64.6. The highest BCUT2D eigenvalue weighted by Gasteiger charge is 2.56. The smallest absolute Gasteiger partial charge is 0.419 e. The average Bonchev–Trinajstić information content (AvgIpc) is 0.754. The molecule has 0 radical (unpaired) electrons. The number of methoxy groups -OCH3 is 2. The monoisotopic (exact) mass is 1940 g/mol. The van der Waals surface area contributed by atoms with Crippen molar-refractivity contribution in [2.45, 2.75) is 129 Å². The van der Waals surface area contributed by atoms with E-state index in [0.29, 0.717) is 67.4 Å². The lowest BCUT2D eigenvalue weighted by molar-refractivity contribution is -0.139. The van der Waals surface area contributed by atoms with Crippen LogP contribution in [0.4, 0.5) is 17.6 Å². The SMILES string of the molecule is CCN1CCC(C(=O)NO)(S(=O)(=O)c2ccc(-c3ccc(OCCOC)c(F)c3)cc2)CC1.CCN1CCC(C(=O)NO)(S(=O)(=O)c2ccc(-c3ccc(Oc4ccccc4)cc3)cc2)CC1.COC(C)CCOc1ccc(-c2ccc(S(=O)(=O)C3(C(=O)NO)CCOCC3)cc2)cc1C(F)(F)F.O=C(NO)C1(S(=O)(=O)c2ccc(-c3ccc(Oc4ccccc4)cc3)cc2)CCOCC1. The Morgan fingerprint density at radius 2 is 0.667 bits per heavy atom. The predicted molar refractivity (Wildman–Crippen MR) is 492 cm³/mol. The molecule has 4 fully saturated rings. The second-order valence-corrected chi connectivity index (χ2v) is 41.2. The summed E-state index contributed by atoms with van der Waals surface area (Å²) in [4.78, 5) is 53.9. The number of likely N-dealkylation sites (tertiary alicyclic amines) is 2. The van der Waals surface area contributed by atoms with Crippen molar-refractivity contribution < 1.29 is 129 Å². The molecule has 10 aromatic carbocycles. The number of ether oxygens (including phenoxy) is 8. The zero-order chi connectivity index (χ0) is 97.4. The highest BCUT2D eigenvalue weighted by molar-refractivity contribution is 7.94. The molecule has 4 saturated heterocycles. The number of piperidine rings is 2. The van der Waals surface area contributed by atoms with Crippen LogP contribution in [0.2, 0.25) is 0 Å². The summed E-state index contributed by atoms with van der Waals surface area (Å²) in [5.74, 6) is -1.66. The molecule has 4 amide bonds. The fourth-order valence-corrected chi connectivity index (χ4v) is 24.0. The van der Waals surface area contributed by atoms with Gasteiger partial charge in [0.1, 0.15) is 35.4 Å². The Labute approximate surface area is 781 Å². The number of benzene rings is 10. The number of carbonyl (C=O) groups excluding carboxylic acids is 4. The quantitative estimate of drug-likeness (QED) is 0.00866. The molecule has 0 saturated carbocycles. The summed E-state index contributed by atoms with van der Waals surface area (Å²) < 4.78 is 199. The number of halogens is 4. The summed E-state index contributed by atoms with van der Waals surface area (Å²) in [6, 6.07) is 66.1.